The van der Waals surface area contributed by atoms with Crippen LogP contribution in [-0.4, -0.2) is 33.3 Å². The van der Waals surface area contributed by atoms with E-state index in [1.54, 1.807) is 6.92 Å². The number of primary amides is 1. The van der Waals surface area contributed by atoms with E-state index in [0.29, 0.717) is 6.54 Å². The molecule has 1 rings (SSSR count). The van der Waals surface area contributed by atoms with Gasteiger partial charge in [-0.2, -0.15) is 0 Å². The minimum Gasteiger partial charge on any atom is -0.363 e. The number of ether oxygens (including phenoxy) is 1. The molecule has 0 aromatic carbocycles. The SMILES string of the molecule is CC(CN)OC(C)n1cnc(C(N)=O)n1. The molecule has 1 aromatic heterocycles. The molecule has 7 nitrogen and oxygen atoms in total. The maximum Gasteiger partial charge on any atom is 0.288 e. The lowest BCUT2D eigenvalue weighted by molar-refractivity contribution is -0.0364. The first kappa shape index (κ1) is 11.6. The summed E-state index contributed by atoms with van der Waals surface area (Å²) in [5, 5.41) is 3.86. The highest BCUT2D eigenvalue weighted by Gasteiger charge is 2.13. The minimum absolute atomic E-state index is 0.0224. The molecule has 0 saturated carbocycles. The first-order valence-corrected chi connectivity index (χ1v) is 4.61. The third-order valence-electron chi connectivity index (χ3n) is 1.86. The Morgan fingerprint density at radius 2 is 2.33 bits per heavy atom. The number of aromatic nitrogens is 3. The summed E-state index contributed by atoms with van der Waals surface area (Å²) in [6.07, 6.45) is 0.985. The van der Waals surface area contributed by atoms with E-state index in [1.165, 1.54) is 11.0 Å². The molecule has 1 heterocycles. The molecule has 84 valence electrons. The maximum atomic E-state index is 10.7. The minimum atomic E-state index is -0.659. The van der Waals surface area contributed by atoms with Gasteiger partial charge in [-0.25, -0.2) is 9.67 Å². The molecule has 0 radical (unpaired) electrons. The van der Waals surface area contributed by atoms with Crippen molar-refractivity contribution in [1.29, 1.82) is 0 Å². The summed E-state index contributed by atoms with van der Waals surface area (Å²) in [6, 6.07) is 0. The molecule has 4 N–H and O–H groups in total. The van der Waals surface area contributed by atoms with Crippen molar-refractivity contribution in [2.24, 2.45) is 11.5 Å². The number of hydrogen-bond donors (Lipinski definition) is 2. The average Bonchev–Trinajstić information content (AvgIpc) is 2.66. The van der Waals surface area contributed by atoms with Crippen molar-refractivity contribution in [3.05, 3.63) is 12.2 Å². The Morgan fingerprint density at radius 3 is 2.80 bits per heavy atom. The smallest absolute Gasteiger partial charge is 0.288 e. The molecule has 2 unspecified atom stereocenters. The molecule has 0 aliphatic heterocycles. The summed E-state index contributed by atoms with van der Waals surface area (Å²) in [4.78, 5) is 14.5. The highest BCUT2D eigenvalue weighted by molar-refractivity contribution is 5.88. The molecule has 1 aromatic rings. The first-order valence-electron chi connectivity index (χ1n) is 4.61. The van der Waals surface area contributed by atoms with Crippen LogP contribution in [0.5, 0.6) is 0 Å². The highest BCUT2D eigenvalue weighted by atomic mass is 16.5. The Kier molecular flexibility index (Phi) is 3.75. The lowest BCUT2D eigenvalue weighted by Gasteiger charge is -2.17. The zero-order valence-electron chi connectivity index (χ0n) is 8.75. The highest BCUT2D eigenvalue weighted by Crippen LogP contribution is 2.08. The lowest BCUT2D eigenvalue weighted by atomic mass is 10.4. The topological polar surface area (TPSA) is 109 Å². The second-order valence-corrected chi connectivity index (χ2v) is 3.19. The van der Waals surface area contributed by atoms with E-state index >= 15 is 0 Å². The number of hydrogen-bond acceptors (Lipinski definition) is 5. The van der Waals surface area contributed by atoms with Gasteiger partial charge in [0.1, 0.15) is 12.6 Å². The van der Waals surface area contributed by atoms with E-state index in [-0.39, 0.29) is 18.2 Å². The van der Waals surface area contributed by atoms with Gasteiger partial charge in [-0.05, 0) is 13.8 Å². The zero-order valence-corrected chi connectivity index (χ0v) is 8.75. The quantitative estimate of drug-likeness (QED) is 0.669. The Hall–Kier alpha value is -1.47. The summed E-state index contributed by atoms with van der Waals surface area (Å²) in [5.41, 5.74) is 10.4. The number of nitrogens with zero attached hydrogens (tertiary/aromatic N) is 3. The van der Waals surface area contributed by atoms with Crippen LogP contribution in [0.3, 0.4) is 0 Å². The normalized spacial score (nSPS) is 14.9. The van der Waals surface area contributed by atoms with Gasteiger partial charge >= 0.3 is 0 Å². The number of carbonyl (C=O) groups is 1. The molecule has 2 atom stereocenters. The Morgan fingerprint density at radius 1 is 1.67 bits per heavy atom. The predicted octanol–water partition coefficient (Wildman–Crippen LogP) is -0.741. The van der Waals surface area contributed by atoms with Crippen molar-refractivity contribution >= 4 is 5.91 Å². The molecule has 0 spiro atoms. The summed E-state index contributed by atoms with van der Waals surface area (Å²) in [6.45, 7) is 4.05. The molecule has 0 fully saturated rings. The second kappa shape index (κ2) is 4.85. The molecule has 15 heavy (non-hydrogen) atoms. The number of nitrogens with two attached hydrogens (primary N) is 2. The van der Waals surface area contributed by atoms with E-state index in [0.717, 1.165) is 0 Å². The monoisotopic (exact) mass is 213 g/mol. The number of carbonyl (C=O) groups excluding carboxylic acids is 1. The van der Waals surface area contributed by atoms with Crippen molar-refractivity contribution in [3.8, 4) is 0 Å². The van der Waals surface area contributed by atoms with Crippen molar-refractivity contribution in [2.75, 3.05) is 6.54 Å². The Bertz CT molecular complexity index is 338. The van der Waals surface area contributed by atoms with Gasteiger partial charge in [-0.1, -0.05) is 0 Å². The van der Waals surface area contributed by atoms with E-state index in [9.17, 15) is 4.79 Å². The third-order valence-corrected chi connectivity index (χ3v) is 1.86. The summed E-state index contributed by atoms with van der Waals surface area (Å²) in [5.74, 6) is -0.682. The fourth-order valence-electron chi connectivity index (χ4n) is 1.02. The third kappa shape index (κ3) is 3.00. The number of rotatable bonds is 5. The van der Waals surface area contributed by atoms with E-state index < -0.39 is 5.91 Å². The van der Waals surface area contributed by atoms with Crippen molar-refractivity contribution in [1.82, 2.24) is 14.8 Å². The van der Waals surface area contributed by atoms with E-state index in [1.807, 2.05) is 6.92 Å². The van der Waals surface area contributed by atoms with E-state index in [2.05, 4.69) is 10.1 Å². The standard InChI is InChI=1S/C8H15N5O2/c1-5(3-9)15-6(2)13-4-11-8(12-13)7(10)14/h4-6H,3,9H2,1-2H3,(H2,10,14). The summed E-state index contributed by atoms with van der Waals surface area (Å²) in [7, 11) is 0. The van der Waals surface area contributed by atoms with Crippen LogP contribution in [-0.2, 0) is 4.74 Å². The van der Waals surface area contributed by atoms with Gasteiger partial charge in [-0.3, -0.25) is 4.79 Å². The molecule has 0 bridgehead atoms. The Balaban J connectivity index is 2.65. The van der Waals surface area contributed by atoms with Gasteiger partial charge in [0.25, 0.3) is 5.91 Å². The second-order valence-electron chi connectivity index (χ2n) is 3.19. The molecule has 0 aliphatic rings. The molecule has 1 amide bonds. The Labute approximate surface area is 87.4 Å². The van der Waals surface area contributed by atoms with Crippen molar-refractivity contribution in [3.63, 3.8) is 0 Å². The van der Waals surface area contributed by atoms with Crippen LogP contribution in [0.4, 0.5) is 0 Å². The van der Waals surface area contributed by atoms with Crippen molar-refractivity contribution in [2.45, 2.75) is 26.2 Å². The van der Waals surface area contributed by atoms with E-state index in [4.69, 9.17) is 16.2 Å². The van der Waals surface area contributed by atoms with Crippen LogP contribution in [0.15, 0.2) is 6.33 Å². The number of amides is 1. The molecule has 0 aliphatic carbocycles. The van der Waals surface area contributed by atoms with Gasteiger partial charge in [0.2, 0.25) is 5.82 Å². The van der Waals surface area contributed by atoms with Crippen LogP contribution < -0.4 is 11.5 Å². The zero-order chi connectivity index (χ0) is 11.4. The van der Waals surface area contributed by atoms with Crippen LogP contribution in [0.25, 0.3) is 0 Å². The first-order chi connectivity index (χ1) is 7.04. The van der Waals surface area contributed by atoms with Crippen LogP contribution in [0.1, 0.15) is 30.7 Å². The fourth-order valence-corrected chi connectivity index (χ4v) is 1.02. The average molecular weight is 213 g/mol. The van der Waals surface area contributed by atoms with Gasteiger partial charge in [0, 0.05) is 6.54 Å². The largest absolute Gasteiger partial charge is 0.363 e. The molecule has 7 heteroatoms. The van der Waals surface area contributed by atoms with Crippen LogP contribution in [0.2, 0.25) is 0 Å². The van der Waals surface area contributed by atoms with Gasteiger partial charge in [-0.15, -0.1) is 5.10 Å². The molecular weight excluding hydrogens is 198 g/mol. The summed E-state index contributed by atoms with van der Waals surface area (Å²) < 4.78 is 6.88. The maximum absolute atomic E-state index is 10.7. The fraction of sp³-hybridized carbons (Fsp3) is 0.625. The van der Waals surface area contributed by atoms with Crippen LogP contribution in [0, 0.1) is 0 Å². The molecular formula is C8H15N5O2. The van der Waals surface area contributed by atoms with Crippen LogP contribution >= 0.6 is 0 Å². The van der Waals surface area contributed by atoms with Gasteiger partial charge in [0.15, 0.2) is 0 Å². The molecule has 0 saturated heterocycles. The van der Waals surface area contributed by atoms with Gasteiger partial charge in [0.05, 0.1) is 6.10 Å². The lowest BCUT2D eigenvalue weighted by Crippen LogP contribution is -2.24. The predicted molar refractivity (Wildman–Crippen MR) is 52.9 cm³/mol. The van der Waals surface area contributed by atoms with Crippen molar-refractivity contribution < 1.29 is 9.53 Å². The van der Waals surface area contributed by atoms with Gasteiger partial charge < -0.3 is 16.2 Å². The summed E-state index contributed by atoms with van der Waals surface area (Å²) >= 11 is 0.